The number of rotatable bonds is 5. The lowest BCUT2D eigenvalue weighted by Gasteiger charge is -2.28. The molecule has 0 saturated carbocycles. The maximum Gasteiger partial charge on any atom is 0.282 e. The second kappa shape index (κ2) is 7.93. The van der Waals surface area contributed by atoms with Crippen molar-refractivity contribution in [2.75, 3.05) is 25.0 Å². The normalized spacial score (nSPS) is 17.9. The average Bonchev–Trinajstić information content (AvgIpc) is 2.68. The zero-order valence-corrected chi connectivity index (χ0v) is 14.6. The highest BCUT2D eigenvalue weighted by Gasteiger charge is 2.30. The number of hydrogen-bond donors (Lipinski definition) is 3. The fourth-order valence-corrected chi connectivity index (χ4v) is 3.05. The lowest BCUT2D eigenvalue weighted by atomic mass is 10.0. The molecule has 0 aliphatic carbocycles. The Labute approximate surface area is 152 Å². The Morgan fingerprint density at radius 3 is 2.50 bits per heavy atom. The van der Waals surface area contributed by atoms with Gasteiger partial charge >= 0.3 is 0 Å². The van der Waals surface area contributed by atoms with E-state index >= 15 is 0 Å². The van der Waals surface area contributed by atoms with Gasteiger partial charge < -0.3 is 15.5 Å². The molecule has 1 heterocycles. The van der Waals surface area contributed by atoms with E-state index in [2.05, 4.69) is 10.6 Å². The van der Waals surface area contributed by atoms with Gasteiger partial charge in [0.1, 0.15) is 0 Å². The van der Waals surface area contributed by atoms with E-state index in [-0.39, 0.29) is 30.2 Å². The molecule has 6 heteroatoms. The summed E-state index contributed by atoms with van der Waals surface area (Å²) in [6, 6.07) is 15.6. The van der Waals surface area contributed by atoms with Crippen molar-refractivity contribution in [2.24, 2.45) is 0 Å². The summed E-state index contributed by atoms with van der Waals surface area (Å²) in [5.74, 6) is -0.396. The Balaban J connectivity index is 1.77. The number of benzene rings is 2. The van der Waals surface area contributed by atoms with Crippen molar-refractivity contribution < 1.29 is 19.3 Å². The minimum Gasteiger partial charge on any atom is -0.346 e. The number of carbonyl (C=O) groups is 3. The van der Waals surface area contributed by atoms with Crippen LogP contribution >= 0.6 is 0 Å². The van der Waals surface area contributed by atoms with Crippen LogP contribution in [0.1, 0.15) is 22.8 Å². The molecule has 2 aromatic carbocycles. The zero-order valence-electron chi connectivity index (χ0n) is 14.6. The van der Waals surface area contributed by atoms with E-state index in [1.54, 1.807) is 55.5 Å². The molecule has 26 heavy (non-hydrogen) atoms. The van der Waals surface area contributed by atoms with Crippen LogP contribution in [0.25, 0.3) is 0 Å². The number of amides is 2. The largest absolute Gasteiger partial charge is 0.346 e. The molecule has 3 N–H and O–H groups in total. The Kier molecular flexibility index (Phi) is 5.43. The number of anilines is 1. The summed E-state index contributed by atoms with van der Waals surface area (Å²) in [4.78, 5) is 37.9. The van der Waals surface area contributed by atoms with Crippen molar-refractivity contribution in [2.45, 2.75) is 13.0 Å². The van der Waals surface area contributed by atoms with Gasteiger partial charge in [-0.1, -0.05) is 42.5 Å². The van der Waals surface area contributed by atoms with E-state index in [0.717, 1.165) is 4.90 Å². The van der Waals surface area contributed by atoms with Gasteiger partial charge in [0.15, 0.2) is 18.4 Å². The lowest BCUT2D eigenvalue weighted by Crippen LogP contribution is -3.19. The topological polar surface area (TPSA) is 79.7 Å². The molecule has 6 nitrogen and oxygen atoms in total. The first kappa shape index (κ1) is 17.8. The minimum atomic E-state index is -0.388. The molecular formula is C20H22N3O3+. The Hall–Kier alpha value is -2.99. The van der Waals surface area contributed by atoms with Crippen LogP contribution < -0.4 is 15.5 Å². The molecule has 1 saturated heterocycles. The van der Waals surface area contributed by atoms with Crippen LogP contribution in [0.5, 0.6) is 0 Å². The third kappa shape index (κ3) is 3.97. The van der Waals surface area contributed by atoms with Crippen molar-refractivity contribution in [1.29, 1.82) is 0 Å². The summed E-state index contributed by atoms with van der Waals surface area (Å²) in [5.41, 5.74) is 1.50. The van der Waals surface area contributed by atoms with E-state index in [0.29, 0.717) is 29.9 Å². The Morgan fingerprint density at radius 1 is 1.08 bits per heavy atom. The monoisotopic (exact) mass is 352 g/mol. The molecule has 1 aliphatic rings. The molecule has 0 bridgehead atoms. The molecule has 3 rings (SSSR count). The minimum absolute atomic E-state index is 0.0504. The van der Waals surface area contributed by atoms with Gasteiger partial charge in [0.05, 0.1) is 18.8 Å². The summed E-state index contributed by atoms with van der Waals surface area (Å²) in [6.45, 7) is 3.34. The van der Waals surface area contributed by atoms with Crippen LogP contribution in [0, 0.1) is 0 Å². The molecule has 2 aromatic rings. The van der Waals surface area contributed by atoms with Crippen LogP contribution in [0.2, 0.25) is 0 Å². The average molecular weight is 352 g/mol. The molecule has 1 unspecified atom stereocenters. The van der Waals surface area contributed by atoms with Gasteiger partial charge in [-0.3, -0.25) is 14.4 Å². The molecule has 0 aromatic heterocycles. The first-order chi connectivity index (χ1) is 12.6. The summed E-state index contributed by atoms with van der Waals surface area (Å²) in [7, 11) is 0. The van der Waals surface area contributed by atoms with Gasteiger partial charge in [-0.25, -0.2) is 0 Å². The maximum absolute atomic E-state index is 12.8. The van der Waals surface area contributed by atoms with Crippen molar-refractivity contribution in [3.63, 3.8) is 0 Å². The highest BCUT2D eigenvalue weighted by molar-refractivity contribution is 6.14. The third-order valence-electron chi connectivity index (χ3n) is 4.63. The molecule has 1 fully saturated rings. The molecule has 1 aliphatic heterocycles. The predicted molar refractivity (Wildman–Crippen MR) is 98.1 cm³/mol. The van der Waals surface area contributed by atoms with Gasteiger partial charge in [-0.2, -0.15) is 0 Å². The number of nitrogens with one attached hydrogen (secondary N) is 3. The van der Waals surface area contributed by atoms with Gasteiger partial charge in [0.2, 0.25) is 0 Å². The second-order valence-corrected chi connectivity index (χ2v) is 6.39. The van der Waals surface area contributed by atoms with Crippen LogP contribution in [0.4, 0.5) is 5.69 Å². The predicted octanol–water partition coefficient (Wildman–Crippen LogP) is 0.259. The van der Waals surface area contributed by atoms with E-state index < -0.39 is 0 Å². The fraction of sp³-hybridized carbons (Fsp3) is 0.250. The summed E-state index contributed by atoms with van der Waals surface area (Å²) in [5, 5.41) is 5.62. The number of quaternary nitrogens is 1. The summed E-state index contributed by atoms with van der Waals surface area (Å²) >= 11 is 0. The third-order valence-corrected chi connectivity index (χ3v) is 4.63. The van der Waals surface area contributed by atoms with Crippen molar-refractivity contribution in [3.05, 3.63) is 65.7 Å². The van der Waals surface area contributed by atoms with E-state index in [4.69, 9.17) is 0 Å². The molecule has 2 atom stereocenters. The standard InChI is InChI=1S/C20H21N3O3/c1-14(23-12-11-21-18(24)13-23)20(26)22-17-10-6-5-9-16(17)19(25)15-7-3-2-4-8-15/h2-10,14H,11-13H2,1H3,(H,21,24)(H,22,26)/p+1/t14-/m1/s1. The molecule has 0 radical (unpaired) electrons. The first-order valence-electron chi connectivity index (χ1n) is 8.67. The Bertz CT molecular complexity index is 820. The van der Waals surface area contributed by atoms with Gasteiger partial charge in [0.25, 0.3) is 11.8 Å². The Morgan fingerprint density at radius 2 is 1.77 bits per heavy atom. The van der Waals surface area contributed by atoms with Crippen LogP contribution in [-0.2, 0) is 9.59 Å². The summed E-state index contributed by atoms with van der Waals surface area (Å²) < 4.78 is 0. The van der Waals surface area contributed by atoms with E-state index in [9.17, 15) is 14.4 Å². The molecular weight excluding hydrogens is 330 g/mol. The van der Waals surface area contributed by atoms with E-state index in [1.807, 2.05) is 6.07 Å². The maximum atomic E-state index is 12.8. The molecule has 2 amide bonds. The van der Waals surface area contributed by atoms with Gasteiger partial charge in [0, 0.05) is 11.1 Å². The highest BCUT2D eigenvalue weighted by Crippen LogP contribution is 2.19. The first-order valence-corrected chi connectivity index (χ1v) is 8.67. The highest BCUT2D eigenvalue weighted by atomic mass is 16.2. The second-order valence-electron chi connectivity index (χ2n) is 6.39. The SMILES string of the molecule is C[C@H](C(=O)Nc1ccccc1C(=O)c1ccccc1)[NH+]1CCNC(=O)C1. The van der Waals surface area contributed by atoms with Crippen molar-refractivity contribution >= 4 is 23.3 Å². The molecule has 0 spiro atoms. The van der Waals surface area contributed by atoms with Crippen LogP contribution in [0.15, 0.2) is 54.6 Å². The van der Waals surface area contributed by atoms with Crippen LogP contribution in [0.3, 0.4) is 0 Å². The number of para-hydroxylation sites is 1. The quantitative estimate of drug-likeness (QED) is 0.676. The van der Waals surface area contributed by atoms with Gasteiger partial charge in [-0.05, 0) is 19.1 Å². The lowest BCUT2D eigenvalue weighted by molar-refractivity contribution is -0.907. The number of ketones is 1. The van der Waals surface area contributed by atoms with Crippen LogP contribution in [-0.4, -0.2) is 43.3 Å². The number of hydrogen-bond acceptors (Lipinski definition) is 3. The fourth-order valence-electron chi connectivity index (χ4n) is 3.05. The smallest absolute Gasteiger partial charge is 0.282 e. The van der Waals surface area contributed by atoms with Crippen molar-refractivity contribution in [1.82, 2.24) is 5.32 Å². The van der Waals surface area contributed by atoms with Crippen molar-refractivity contribution in [3.8, 4) is 0 Å². The molecule has 134 valence electrons. The summed E-state index contributed by atoms with van der Waals surface area (Å²) in [6.07, 6.45) is 0. The number of carbonyl (C=O) groups excluding carboxylic acids is 3. The zero-order chi connectivity index (χ0) is 18.5. The van der Waals surface area contributed by atoms with E-state index in [1.165, 1.54) is 0 Å². The number of piperazine rings is 1. The van der Waals surface area contributed by atoms with Gasteiger partial charge in [-0.15, -0.1) is 0 Å².